The zero-order valence-electron chi connectivity index (χ0n) is 15.2. The summed E-state index contributed by atoms with van der Waals surface area (Å²) in [5, 5.41) is 0.671. The molecule has 0 atom stereocenters. The van der Waals surface area contributed by atoms with Crippen LogP contribution >= 0.6 is 11.8 Å². The number of imidazole rings is 1. The first-order valence-corrected chi connectivity index (χ1v) is 10.1. The number of rotatable bonds is 7. The molecule has 2 aromatic heterocycles. The Morgan fingerprint density at radius 3 is 3.00 bits per heavy atom. The van der Waals surface area contributed by atoms with Crippen LogP contribution < -0.4 is 10.3 Å². The van der Waals surface area contributed by atoms with E-state index in [-0.39, 0.29) is 11.0 Å². The van der Waals surface area contributed by atoms with Gasteiger partial charge in [0.2, 0.25) is 5.88 Å². The molecule has 1 fully saturated rings. The minimum absolute atomic E-state index is 0.00776. The average molecular weight is 376 g/mol. The third kappa shape index (κ3) is 3.40. The summed E-state index contributed by atoms with van der Waals surface area (Å²) in [7, 11) is 0. The molecular formula is C18H24N4O3S. The molecule has 0 bridgehead atoms. The van der Waals surface area contributed by atoms with Crippen molar-refractivity contribution in [2.24, 2.45) is 5.41 Å². The zero-order chi connectivity index (χ0) is 18.1. The molecule has 0 saturated carbocycles. The summed E-state index contributed by atoms with van der Waals surface area (Å²) in [6, 6.07) is 0. The van der Waals surface area contributed by atoms with Crippen LogP contribution in [-0.4, -0.2) is 39.3 Å². The number of nitrogens with zero attached hydrogens (tertiary/aromatic N) is 3. The van der Waals surface area contributed by atoms with E-state index in [0.717, 1.165) is 56.0 Å². The van der Waals surface area contributed by atoms with E-state index in [0.29, 0.717) is 23.4 Å². The average Bonchev–Trinajstić information content (AvgIpc) is 3.23. The van der Waals surface area contributed by atoms with Crippen molar-refractivity contribution < 1.29 is 9.47 Å². The molecule has 8 heteroatoms. The van der Waals surface area contributed by atoms with Crippen molar-refractivity contribution in [1.82, 2.24) is 19.5 Å². The summed E-state index contributed by atoms with van der Waals surface area (Å²) in [5.74, 6) is 1.31. The van der Waals surface area contributed by atoms with Gasteiger partial charge < -0.3 is 19.0 Å². The molecule has 4 rings (SSSR count). The first-order chi connectivity index (χ1) is 12.6. The third-order valence-electron chi connectivity index (χ3n) is 4.97. The van der Waals surface area contributed by atoms with E-state index in [1.54, 1.807) is 0 Å². The van der Waals surface area contributed by atoms with E-state index >= 15 is 0 Å². The molecule has 26 heavy (non-hydrogen) atoms. The standard InChI is InChI=1S/C18H24N4O3S/c1-3-22-11-19-16(25-10-18(2)8-24-9-18)14(22)7-26-17-20-13-6-4-5-12(13)15(23)21-17/h11H,3-10H2,1-2H3,(H,20,21,23). The van der Waals surface area contributed by atoms with Gasteiger partial charge in [0.15, 0.2) is 5.16 Å². The largest absolute Gasteiger partial charge is 0.476 e. The van der Waals surface area contributed by atoms with Crippen LogP contribution in [-0.2, 0) is 29.9 Å². The fraction of sp³-hybridized carbons (Fsp3) is 0.611. The number of hydrogen-bond acceptors (Lipinski definition) is 6. The maximum absolute atomic E-state index is 12.2. The van der Waals surface area contributed by atoms with Crippen LogP contribution in [0.15, 0.2) is 16.3 Å². The Bertz CT molecular complexity index is 857. The van der Waals surface area contributed by atoms with Gasteiger partial charge in [-0.2, -0.15) is 0 Å². The van der Waals surface area contributed by atoms with E-state index in [4.69, 9.17) is 9.47 Å². The minimum atomic E-state index is 0.00776. The van der Waals surface area contributed by atoms with Crippen molar-refractivity contribution in [2.75, 3.05) is 19.8 Å². The fourth-order valence-electron chi connectivity index (χ4n) is 3.33. The second kappa shape index (κ2) is 7.08. The molecule has 2 aliphatic rings. The molecule has 1 saturated heterocycles. The van der Waals surface area contributed by atoms with Crippen LogP contribution in [0.4, 0.5) is 0 Å². The Labute approximate surface area is 156 Å². The normalized spacial score (nSPS) is 17.8. The Balaban J connectivity index is 1.48. The number of H-pyrrole nitrogens is 1. The van der Waals surface area contributed by atoms with E-state index < -0.39 is 0 Å². The predicted octanol–water partition coefficient (Wildman–Crippen LogP) is 2.18. The van der Waals surface area contributed by atoms with Gasteiger partial charge in [0.25, 0.3) is 5.56 Å². The van der Waals surface area contributed by atoms with Crippen molar-refractivity contribution in [3.05, 3.63) is 33.6 Å². The van der Waals surface area contributed by atoms with Crippen molar-refractivity contribution in [3.8, 4) is 5.88 Å². The molecule has 7 nitrogen and oxygen atoms in total. The maximum atomic E-state index is 12.2. The lowest BCUT2D eigenvalue weighted by atomic mass is 9.90. The summed E-state index contributed by atoms with van der Waals surface area (Å²) in [6.45, 7) is 7.11. The zero-order valence-corrected chi connectivity index (χ0v) is 16.0. The maximum Gasteiger partial charge on any atom is 0.254 e. The summed E-state index contributed by atoms with van der Waals surface area (Å²) >= 11 is 1.52. The SMILES string of the molecule is CCn1cnc(OCC2(C)COC2)c1CSc1nc2c(c(=O)[nH]1)CCC2. The van der Waals surface area contributed by atoms with Gasteiger partial charge in [-0.3, -0.25) is 4.79 Å². The Hall–Kier alpha value is -1.80. The van der Waals surface area contributed by atoms with E-state index in [2.05, 4.69) is 33.4 Å². The minimum Gasteiger partial charge on any atom is -0.476 e. The summed E-state index contributed by atoms with van der Waals surface area (Å²) in [6.07, 6.45) is 4.56. The number of nitrogens with one attached hydrogen (secondary N) is 1. The number of ether oxygens (including phenoxy) is 2. The number of thioether (sulfide) groups is 1. The molecule has 0 amide bonds. The van der Waals surface area contributed by atoms with Crippen LogP contribution in [0.3, 0.4) is 0 Å². The predicted molar refractivity (Wildman–Crippen MR) is 98.8 cm³/mol. The Morgan fingerprint density at radius 1 is 1.42 bits per heavy atom. The lowest BCUT2D eigenvalue weighted by molar-refractivity contribution is -0.120. The monoisotopic (exact) mass is 376 g/mol. The first kappa shape index (κ1) is 17.6. The van der Waals surface area contributed by atoms with Crippen LogP contribution in [0.1, 0.15) is 37.2 Å². The van der Waals surface area contributed by atoms with Crippen LogP contribution in [0.2, 0.25) is 0 Å². The summed E-state index contributed by atoms with van der Waals surface area (Å²) in [5.41, 5.74) is 2.91. The van der Waals surface area contributed by atoms with E-state index in [9.17, 15) is 4.79 Å². The quantitative estimate of drug-likeness (QED) is 0.589. The van der Waals surface area contributed by atoms with Gasteiger partial charge in [-0.25, -0.2) is 9.97 Å². The summed E-state index contributed by atoms with van der Waals surface area (Å²) < 4.78 is 13.4. The van der Waals surface area contributed by atoms with Gasteiger partial charge in [-0.05, 0) is 26.2 Å². The van der Waals surface area contributed by atoms with Crippen LogP contribution in [0.25, 0.3) is 0 Å². The van der Waals surface area contributed by atoms with Crippen molar-refractivity contribution >= 4 is 11.8 Å². The number of aromatic amines is 1. The molecule has 2 aromatic rings. The highest BCUT2D eigenvalue weighted by atomic mass is 32.2. The third-order valence-corrected chi connectivity index (χ3v) is 5.86. The van der Waals surface area contributed by atoms with Crippen molar-refractivity contribution in [3.63, 3.8) is 0 Å². The lowest BCUT2D eigenvalue weighted by Crippen LogP contribution is -2.44. The number of aromatic nitrogens is 4. The van der Waals surface area contributed by atoms with Crippen molar-refractivity contribution in [1.29, 1.82) is 0 Å². The molecule has 1 aliphatic carbocycles. The van der Waals surface area contributed by atoms with E-state index in [1.165, 1.54) is 11.8 Å². The van der Waals surface area contributed by atoms with Gasteiger partial charge in [0.05, 0.1) is 37.5 Å². The molecule has 1 aliphatic heterocycles. The molecule has 0 unspecified atom stereocenters. The fourth-order valence-corrected chi connectivity index (χ4v) is 4.23. The molecule has 140 valence electrons. The van der Waals surface area contributed by atoms with Gasteiger partial charge in [0, 0.05) is 23.3 Å². The molecule has 0 aromatic carbocycles. The molecule has 3 heterocycles. The van der Waals surface area contributed by atoms with Crippen LogP contribution in [0, 0.1) is 5.41 Å². The highest BCUT2D eigenvalue weighted by molar-refractivity contribution is 7.98. The second-order valence-electron chi connectivity index (χ2n) is 7.31. The highest BCUT2D eigenvalue weighted by Crippen LogP contribution is 2.30. The number of aryl methyl sites for hydroxylation is 2. The molecule has 0 radical (unpaired) electrons. The second-order valence-corrected chi connectivity index (χ2v) is 8.28. The molecular weight excluding hydrogens is 352 g/mol. The lowest BCUT2D eigenvalue weighted by Gasteiger charge is -2.37. The first-order valence-electron chi connectivity index (χ1n) is 9.07. The van der Waals surface area contributed by atoms with Gasteiger partial charge >= 0.3 is 0 Å². The highest BCUT2D eigenvalue weighted by Gasteiger charge is 2.34. The van der Waals surface area contributed by atoms with Crippen LogP contribution in [0.5, 0.6) is 5.88 Å². The molecule has 1 N–H and O–H groups in total. The smallest absolute Gasteiger partial charge is 0.254 e. The number of fused-ring (bicyclic) bond motifs is 1. The van der Waals surface area contributed by atoms with E-state index in [1.807, 2.05) is 6.33 Å². The van der Waals surface area contributed by atoms with Gasteiger partial charge in [-0.1, -0.05) is 18.7 Å². The number of hydrogen-bond donors (Lipinski definition) is 1. The summed E-state index contributed by atoms with van der Waals surface area (Å²) in [4.78, 5) is 24.1. The Kier molecular flexibility index (Phi) is 4.79. The Morgan fingerprint density at radius 2 is 2.27 bits per heavy atom. The topological polar surface area (TPSA) is 82.0 Å². The van der Waals surface area contributed by atoms with Crippen molar-refractivity contribution in [2.45, 2.75) is 50.6 Å². The van der Waals surface area contributed by atoms with Gasteiger partial charge in [-0.15, -0.1) is 0 Å². The molecule has 0 spiro atoms. The van der Waals surface area contributed by atoms with Gasteiger partial charge in [0.1, 0.15) is 0 Å².